The highest BCUT2D eigenvalue weighted by atomic mass is 35.5. The first-order valence-corrected chi connectivity index (χ1v) is 9.95. The van der Waals surface area contributed by atoms with Crippen LogP contribution in [0.25, 0.3) is 11.0 Å². The van der Waals surface area contributed by atoms with Crippen LogP contribution in [0.4, 0.5) is 0 Å². The molecule has 0 aliphatic heterocycles. The molecule has 3 heterocycles. The molecule has 0 saturated heterocycles. The number of hydrogen-bond donors (Lipinski definition) is 1. The van der Waals surface area contributed by atoms with Gasteiger partial charge in [0.1, 0.15) is 22.9 Å². The van der Waals surface area contributed by atoms with E-state index in [1.807, 2.05) is 13.0 Å². The van der Waals surface area contributed by atoms with Crippen molar-refractivity contribution in [3.05, 3.63) is 52.9 Å². The molecular formula is C22H18ClN5O4. The van der Waals surface area contributed by atoms with Crippen molar-refractivity contribution in [1.82, 2.24) is 19.9 Å². The maximum atomic E-state index is 9.08. The van der Waals surface area contributed by atoms with Gasteiger partial charge in [0.05, 0.1) is 31.0 Å². The van der Waals surface area contributed by atoms with E-state index in [2.05, 4.69) is 19.9 Å². The number of hydrogen-bond acceptors (Lipinski definition) is 8. The summed E-state index contributed by atoms with van der Waals surface area (Å²) in [7, 11) is 3.09. The second-order valence-electron chi connectivity index (χ2n) is 6.55. The molecule has 0 unspecified atom stereocenters. The van der Waals surface area contributed by atoms with Crippen LogP contribution in [0.1, 0.15) is 18.2 Å². The van der Waals surface area contributed by atoms with Crippen LogP contribution in [-0.2, 0) is 6.42 Å². The molecule has 0 aliphatic carbocycles. The number of aromatic nitrogens is 4. The number of H-pyrrole nitrogens is 1. The van der Waals surface area contributed by atoms with Crippen LogP contribution in [0.3, 0.4) is 0 Å². The van der Waals surface area contributed by atoms with Gasteiger partial charge in [0.2, 0.25) is 5.88 Å². The number of ether oxygens (including phenoxy) is 4. The van der Waals surface area contributed by atoms with Crippen molar-refractivity contribution in [2.75, 3.05) is 14.2 Å². The van der Waals surface area contributed by atoms with Crippen molar-refractivity contribution in [2.24, 2.45) is 0 Å². The topological polar surface area (TPSA) is 115 Å². The summed E-state index contributed by atoms with van der Waals surface area (Å²) in [5.41, 5.74) is 1.59. The van der Waals surface area contributed by atoms with Crippen molar-refractivity contribution in [2.45, 2.75) is 13.3 Å². The molecule has 0 saturated carbocycles. The second kappa shape index (κ2) is 8.99. The predicted octanol–water partition coefficient (Wildman–Crippen LogP) is 5.04. The number of aromatic amines is 1. The molecule has 0 radical (unpaired) electrons. The molecule has 4 aromatic rings. The third kappa shape index (κ3) is 4.08. The van der Waals surface area contributed by atoms with Gasteiger partial charge in [-0.05, 0) is 18.6 Å². The van der Waals surface area contributed by atoms with Gasteiger partial charge in [-0.25, -0.2) is 0 Å². The Morgan fingerprint density at radius 1 is 1.03 bits per heavy atom. The first-order valence-electron chi connectivity index (χ1n) is 9.57. The van der Waals surface area contributed by atoms with Crippen molar-refractivity contribution >= 4 is 22.6 Å². The Morgan fingerprint density at radius 2 is 1.84 bits per heavy atom. The number of halogens is 1. The standard InChI is InChI=1S/C22H18ClN5O4/c1-4-15-19(23)18-20(26-15)27-22(32-14-7-12(9-24)10-25-11-14)28-21(18)31-13-5-6-16(29-2)17(8-13)30-3/h5-8,10-11H,4H2,1-3H3,(H,26,27,28). The number of rotatable bonds is 7. The molecule has 9 nitrogen and oxygen atoms in total. The van der Waals surface area contributed by atoms with E-state index in [4.69, 9.17) is 35.8 Å². The van der Waals surface area contributed by atoms with E-state index in [1.54, 1.807) is 25.3 Å². The molecule has 1 N–H and O–H groups in total. The average molecular weight is 452 g/mol. The number of fused-ring (bicyclic) bond motifs is 1. The second-order valence-corrected chi connectivity index (χ2v) is 6.93. The van der Waals surface area contributed by atoms with Gasteiger partial charge in [-0.15, -0.1) is 0 Å². The molecule has 0 spiro atoms. The molecule has 0 bridgehead atoms. The fourth-order valence-corrected chi connectivity index (χ4v) is 3.40. The number of nitrogens with zero attached hydrogens (tertiary/aromatic N) is 4. The minimum absolute atomic E-state index is 0.00503. The van der Waals surface area contributed by atoms with Crippen molar-refractivity contribution in [3.63, 3.8) is 0 Å². The average Bonchev–Trinajstić information content (AvgIpc) is 3.14. The normalized spacial score (nSPS) is 10.6. The largest absolute Gasteiger partial charge is 0.493 e. The summed E-state index contributed by atoms with van der Waals surface area (Å²) in [5.74, 6) is 2.03. The smallest absolute Gasteiger partial charge is 0.327 e. The molecular weight excluding hydrogens is 434 g/mol. The van der Waals surface area contributed by atoms with Crippen molar-refractivity contribution in [1.29, 1.82) is 5.26 Å². The maximum Gasteiger partial charge on any atom is 0.327 e. The van der Waals surface area contributed by atoms with Gasteiger partial charge >= 0.3 is 6.01 Å². The van der Waals surface area contributed by atoms with Crippen LogP contribution in [0.5, 0.6) is 34.9 Å². The minimum Gasteiger partial charge on any atom is -0.493 e. The van der Waals surface area contributed by atoms with Gasteiger partial charge in [0.25, 0.3) is 0 Å². The maximum absolute atomic E-state index is 9.08. The van der Waals surface area contributed by atoms with Crippen LogP contribution in [0, 0.1) is 11.3 Å². The minimum atomic E-state index is 0.00503. The summed E-state index contributed by atoms with van der Waals surface area (Å²) in [5, 5.41) is 10.1. The first kappa shape index (κ1) is 21.2. The van der Waals surface area contributed by atoms with E-state index >= 15 is 0 Å². The summed E-state index contributed by atoms with van der Waals surface area (Å²) < 4.78 is 22.4. The summed E-state index contributed by atoms with van der Waals surface area (Å²) in [6, 6.07) is 8.67. The Balaban J connectivity index is 1.79. The predicted molar refractivity (Wildman–Crippen MR) is 117 cm³/mol. The summed E-state index contributed by atoms with van der Waals surface area (Å²) >= 11 is 6.56. The van der Waals surface area contributed by atoms with E-state index in [9.17, 15) is 0 Å². The van der Waals surface area contributed by atoms with Gasteiger partial charge in [-0.3, -0.25) is 4.98 Å². The van der Waals surface area contributed by atoms with Crippen LogP contribution < -0.4 is 18.9 Å². The zero-order valence-electron chi connectivity index (χ0n) is 17.5. The molecule has 3 aromatic heterocycles. The Labute approximate surface area is 188 Å². The number of nitrogens with one attached hydrogen (secondary N) is 1. The highest BCUT2D eigenvalue weighted by Crippen LogP contribution is 2.39. The molecule has 32 heavy (non-hydrogen) atoms. The van der Waals surface area contributed by atoms with Gasteiger partial charge in [0, 0.05) is 24.0 Å². The van der Waals surface area contributed by atoms with Crippen molar-refractivity contribution < 1.29 is 18.9 Å². The van der Waals surface area contributed by atoms with Crippen LogP contribution in [0.15, 0.2) is 36.7 Å². The van der Waals surface area contributed by atoms with Gasteiger partial charge in [-0.1, -0.05) is 18.5 Å². The first-order chi connectivity index (χ1) is 15.6. The lowest BCUT2D eigenvalue weighted by Gasteiger charge is -2.11. The van der Waals surface area contributed by atoms with Crippen LogP contribution >= 0.6 is 11.6 Å². The molecule has 0 aliphatic rings. The van der Waals surface area contributed by atoms with E-state index in [0.717, 1.165) is 5.69 Å². The zero-order chi connectivity index (χ0) is 22.7. The molecule has 1 aromatic carbocycles. The Kier molecular flexibility index (Phi) is 5.96. The number of benzene rings is 1. The molecule has 4 rings (SSSR count). The van der Waals surface area contributed by atoms with Crippen molar-refractivity contribution in [3.8, 4) is 41.0 Å². The van der Waals surface area contributed by atoms with Gasteiger partial charge < -0.3 is 23.9 Å². The lowest BCUT2D eigenvalue weighted by molar-refractivity contribution is 0.351. The van der Waals surface area contributed by atoms with Gasteiger partial charge in [-0.2, -0.15) is 15.2 Å². The summed E-state index contributed by atoms with van der Waals surface area (Å²) in [4.78, 5) is 16.0. The molecule has 10 heteroatoms. The lowest BCUT2D eigenvalue weighted by Crippen LogP contribution is -1.98. The lowest BCUT2D eigenvalue weighted by atomic mass is 10.3. The molecule has 0 amide bonds. The monoisotopic (exact) mass is 451 g/mol. The Bertz CT molecular complexity index is 1330. The van der Waals surface area contributed by atoms with Crippen LogP contribution in [-0.4, -0.2) is 34.2 Å². The number of nitriles is 1. The van der Waals surface area contributed by atoms with Gasteiger partial charge in [0.15, 0.2) is 17.2 Å². The molecule has 162 valence electrons. The number of pyridine rings is 1. The summed E-state index contributed by atoms with van der Waals surface area (Å²) in [6.07, 6.45) is 3.55. The number of aryl methyl sites for hydroxylation is 1. The number of methoxy groups -OCH3 is 2. The third-order valence-corrected chi connectivity index (χ3v) is 5.00. The quantitative estimate of drug-likeness (QED) is 0.415. The molecule has 0 fully saturated rings. The van der Waals surface area contributed by atoms with Crippen LogP contribution in [0.2, 0.25) is 5.02 Å². The van der Waals surface area contributed by atoms with E-state index in [-0.39, 0.29) is 11.9 Å². The fraction of sp³-hybridized carbons (Fsp3) is 0.182. The summed E-state index contributed by atoms with van der Waals surface area (Å²) in [6.45, 7) is 1.97. The highest BCUT2D eigenvalue weighted by molar-refractivity contribution is 6.36. The van der Waals surface area contributed by atoms with E-state index in [0.29, 0.717) is 51.0 Å². The van der Waals surface area contributed by atoms with E-state index in [1.165, 1.54) is 25.6 Å². The Morgan fingerprint density at radius 3 is 2.56 bits per heavy atom. The third-order valence-electron chi connectivity index (χ3n) is 4.58. The van der Waals surface area contributed by atoms with E-state index < -0.39 is 0 Å². The highest BCUT2D eigenvalue weighted by Gasteiger charge is 2.20. The SMILES string of the molecule is CCc1[nH]c2nc(Oc3cncc(C#N)c3)nc(Oc3ccc(OC)c(OC)c3)c2c1Cl. The zero-order valence-corrected chi connectivity index (χ0v) is 18.2. The fourth-order valence-electron chi connectivity index (χ4n) is 3.05. The Hall–Kier alpha value is -4.03. The molecule has 0 atom stereocenters.